The number of hydrogen-bond acceptors (Lipinski definition) is 4. The van der Waals surface area contributed by atoms with E-state index in [0.29, 0.717) is 19.6 Å². The Balaban J connectivity index is 1.44. The largest absolute Gasteiger partial charge is 0.481 e. The van der Waals surface area contributed by atoms with Gasteiger partial charge in [0.25, 0.3) is 0 Å². The van der Waals surface area contributed by atoms with Gasteiger partial charge in [-0.15, -0.1) is 0 Å². The number of rotatable bonds is 8. The monoisotopic (exact) mass is 525 g/mol. The van der Waals surface area contributed by atoms with Gasteiger partial charge in [-0.2, -0.15) is 13.2 Å². The fourth-order valence-electron chi connectivity index (χ4n) is 5.06. The zero-order valence-electron chi connectivity index (χ0n) is 22.0. The Hall–Kier alpha value is -3.23. The van der Waals surface area contributed by atoms with E-state index in [2.05, 4.69) is 20.9 Å². The van der Waals surface area contributed by atoms with Gasteiger partial charge in [-0.3, -0.25) is 19.6 Å². The van der Waals surface area contributed by atoms with Crippen LogP contribution < -0.4 is 0 Å². The van der Waals surface area contributed by atoms with Crippen LogP contribution in [0.5, 0.6) is 0 Å². The number of nitrogens with zero attached hydrogens (tertiary/aromatic N) is 3. The van der Waals surface area contributed by atoms with Crippen molar-refractivity contribution in [3.63, 3.8) is 0 Å². The van der Waals surface area contributed by atoms with Crippen molar-refractivity contribution in [1.29, 1.82) is 0 Å². The highest BCUT2D eigenvalue weighted by Gasteiger charge is 2.48. The van der Waals surface area contributed by atoms with E-state index in [0.717, 1.165) is 40.9 Å². The maximum atomic E-state index is 13.4. The lowest BCUT2D eigenvalue weighted by atomic mass is 9.83. The van der Waals surface area contributed by atoms with E-state index < -0.39 is 17.6 Å². The van der Waals surface area contributed by atoms with Crippen LogP contribution in [0, 0.1) is 6.92 Å². The van der Waals surface area contributed by atoms with Gasteiger partial charge in [-0.05, 0) is 66.3 Å². The van der Waals surface area contributed by atoms with Crippen LogP contribution in [-0.2, 0) is 23.3 Å². The van der Waals surface area contributed by atoms with Crippen molar-refractivity contribution in [1.82, 2.24) is 14.8 Å². The quantitative estimate of drug-likeness (QED) is 0.388. The average molecular weight is 526 g/mol. The molecule has 1 fully saturated rings. The van der Waals surface area contributed by atoms with Crippen LogP contribution in [0.15, 0.2) is 67.0 Å². The Labute approximate surface area is 221 Å². The molecule has 0 aliphatic carbocycles. The van der Waals surface area contributed by atoms with Gasteiger partial charge in [-0.25, -0.2) is 0 Å². The molecule has 0 amide bonds. The molecule has 1 aliphatic heterocycles. The second-order valence-electron chi connectivity index (χ2n) is 10.7. The first-order valence-corrected chi connectivity index (χ1v) is 12.8. The predicted octanol–water partition coefficient (Wildman–Crippen LogP) is 6.06. The summed E-state index contributed by atoms with van der Waals surface area (Å²) in [6, 6.07) is 16.6. The van der Waals surface area contributed by atoms with Gasteiger partial charge >= 0.3 is 12.1 Å². The normalized spacial score (nSPS) is 17.5. The zero-order chi connectivity index (χ0) is 27.5. The van der Waals surface area contributed by atoms with Crippen LogP contribution in [0.25, 0.3) is 11.1 Å². The summed E-state index contributed by atoms with van der Waals surface area (Å²) >= 11 is 0. The summed E-state index contributed by atoms with van der Waals surface area (Å²) in [6.45, 7) is 8.07. The molecule has 0 bridgehead atoms. The van der Waals surface area contributed by atoms with Crippen molar-refractivity contribution < 1.29 is 23.1 Å². The summed E-state index contributed by atoms with van der Waals surface area (Å²) in [5, 5.41) is 9.49. The summed E-state index contributed by atoms with van der Waals surface area (Å²) < 4.78 is 40.2. The fourth-order valence-corrected chi connectivity index (χ4v) is 5.06. The minimum Gasteiger partial charge on any atom is -0.481 e. The number of hydrogen-bond donors (Lipinski definition) is 1. The second kappa shape index (κ2) is 11.3. The molecule has 38 heavy (non-hydrogen) atoms. The number of halogens is 3. The number of carboxylic acid groups (broad SMARTS) is 1. The van der Waals surface area contributed by atoms with E-state index in [4.69, 9.17) is 0 Å². The van der Waals surface area contributed by atoms with E-state index in [-0.39, 0.29) is 18.0 Å². The molecule has 1 saturated heterocycles. The van der Waals surface area contributed by atoms with Crippen molar-refractivity contribution in [3.05, 3.63) is 89.2 Å². The Morgan fingerprint density at radius 2 is 1.66 bits per heavy atom. The molecule has 8 heteroatoms. The minimum atomic E-state index is -4.32. The SMILES string of the molecule is Cc1cc(CN2CCN(Cc3ccncc3)[C@H](CC(=O)O)C2)ccc1-c1ccc(C(C)(C)C(F)(F)F)cc1. The van der Waals surface area contributed by atoms with Crippen molar-refractivity contribution >= 4 is 5.97 Å². The minimum absolute atomic E-state index is 0.0840. The fraction of sp³-hybridized carbons (Fsp3) is 0.400. The first kappa shape index (κ1) is 27.8. The standard InChI is InChI=1S/C30H34F3N3O2/c1-21-16-23(4-9-27(21)24-5-7-25(8-6-24)29(2,3)30(31,32)33)18-35-14-15-36(26(20-35)17-28(37)38)19-22-10-12-34-13-11-22/h4-13,16,26H,14-15,17-20H2,1-3H3,(H,37,38)/t26-/m1/s1. The molecule has 0 spiro atoms. The van der Waals surface area contributed by atoms with Crippen LogP contribution >= 0.6 is 0 Å². The number of carbonyl (C=O) groups is 1. The maximum Gasteiger partial charge on any atom is 0.397 e. The van der Waals surface area contributed by atoms with Crippen LogP contribution in [0.3, 0.4) is 0 Å². The highest BCUT2D eigenvalue weighted by Crippen LogP contribution is 2.41. The number of pyridine rings is 1. The van der Waals surface area contributed by atoms with Gasteiger partial charge in [0.05, 0.1) is 11.8 Å². The zero-order valence-corrected chi connectivity index (χ0v) is 22.0. The second-order valence-corrected chi connectivity index (χ2v) is 10.7. The molecule has 1 N–H and O–H groups in total. The van der Waals surface area contributed by atoms with Crippen molar-refractivity contribution in [3.8, 4) is 11.1 Å². The number of alkyl halides is 3. The molecule has 0 saturated carbocycles. The predicted molar refractivity (Wildman–Crippen MR) is 142 cm³/mol. The highest BCUT2D eigenvalue weighted by atomic mass is 19.4. The molecule has 2 aromatic carbocycles. The Kier molecular flexibility index (Phi) is 8.23. The molecule has 202 valence electrons. The highest BCUT2D eigenvalue weighted by molar-refractivity contribution is 5.68. The van der Waals surface area contributed by atoms with Gasteiger partial charge in [0.1, 0.15) is 0 Å². The molecule has 3 aromatic rings. The van der Waals surface area contributed by atoms with Crippen LogP contribution in [0.2, 0.25) is 0 Å². The van der Waals surface area contributed by atoms with Gasteiger partial charge in [0.15, 0.2) is 0 Å². The smallest absolute Gasteiger partial charge is 0.397 e. The molecule has 0 radical (unpaired) electrons. The van der Waals surface area contributed by atoms with E-state index in [9.17, 15) is 23.1 Å². The molecule has 1 aromatic heterocycles. The number of aryl methyl sites for hydroxylation is 1. The molecule has 5 nitrogen and oxygen atoms in total. The molecule has 1 atom stereocenters. The third kappa shape index (κ3) is 6.42. The van der Waals surface area contributed by atoms with E-state index in [1.807, 2.05) is 31.2 Å². The Bertz CT molecular complexity index is 1240. The number of piperazine rings is 1. The van der Waals surface area contributed by atoms with Crippen molar-refractivity contribution in [2.75, 3.05) is 19.6 Å². The van der Waals surface area contributed by atoms with Gasteiger partial charge < -0.3 is 5.11 Å². The third-order valence-electron chi connectivity index (χ3n) is 7.56. The molecular weight excluding hydrogens is 491 g/mol. The summed E-state index contributed by atoms with van der Waals surface area (Å²) in [5.74, 6) is -0.804. The third-order valence-corrected chi connectivity index (χ3v) is 7.56. The van der Waals surface area contributed by atoms with Crippen molar-refractivity contribution in [2.24, 2.45) is 0 Å². The van der Waals surface area contributed by atoms with Crippen LogP contribution in [-0.4, -0.2) is 57.7 Å². The summed E-state index contributed by atoms with van der Waals surface area (Å²) in [6.07, 6.45) is -0.732. The lowest BCUT2D eigenvalue weighted by molar-refractivity contribution is -0.180. The lowest BCUT2D eigenvalue weighted by Crippen LogP contribution is -2.52. The lowest BCUT2D eigenvalue weighted by Gasteiger charge is -2.41. The first-order valence-electron chi connectivity index (χ1n) is 12.8. The Morgan fingerprint density at radius 3 is 2.26 bits per heavy atom. The number of benzene rings is 2. The van der Waals surface area contributed by atoms with Crippen LogP contribution in [0.1, 0.15) is 42.5 Å². The molecule has 2 heterocycles. The Morgan fingerprint density at radius 1 is 0.974 bits per heavy atom. The van der Waals surface area contributed by atoms with Crippen molar-refractivity contribution in [2.45, 2.75) is 57.9 Å². The summed E-state index contributed by atoms with van der Waals surface area (Å²) in [7, 11) is 0. The van der Waals surface area contributed by atoms with Gasteiger partial charge in [0.2, 0.25) is 0 Å². The van der Waals surface area contributed by atoms with Gasteiger partial charge in [-0.1, -0.05) is 42.5 Å². The van der Waals surface area contributed by atoms with Crippen LogP contribution in [0.4, 0.5) is 13.2 Å². The first-order chi connectivity index (χ1) is 17.9. The number of aliphatic carboxylic acids is 1. The number of carboxylic acids is 1. The van der Waals surface area contributed by atoms with Gasteiger partial charge in [0, 0.05) is 51.2 Å². The maximum absolute atomic E-state index is 13.4. The van der Waals surface area contributed by atoms with E-state index >= 15 is 0 Å². The van der Waals surface area contributed by atoms with E-state index in [1.165, 1.54) is 13.8 Å². The molecule has 0 unspecified atom stereocenters. The molecular formula is C30H34F3N3O2. The summed E-state index contributed by atoms with van der Waals surface area (Å²) in [5.41, 5.74) is 3.47. The molecule has 1 aliphatic rings. The molecule has 4 rings (SSSR count). The number of aromatic nitrogens is 1. The average Bonchev–Trinajstić information content (AvgIpc) is 2.85. The van der Waals surface area contributed by atoms with E-state index in [1.54, 1.807) is 36.7 Å². The summed E-state index contributed by atoms with van der Waals surface area (Å²) in [4.78, 5) is 20.1. The topological polar surface area (TPSA) is 56.7 Å².